The van der Waals surface area contributed by atoms with Crippen molar-refractivity contribution >= 4 is 5.91 Å². The lowest BCUT2D eigenvalue weighted by atomic mass is 10.2. The van der Waals surface area contributed by atoms with Gasteiger partial charge in [0.1, 0.15) is 0 Å². The third kappa shape index (κ3) is 6.47. The molecule has 2 N–H and O–H groups in total. The van der Waals surface area contributed by atoms with Crippen molar-refractivity contribution in [3.8, 4) is 0 Å². The number of rotatable bonds is 8. The molecule has 4 heteroatoms. The maximum absolute atomic E-state index is 11.7. The average molecular weight is 216 g/mol. The van der Waals surface area contributed by atoms with Gasteiger partial charge in [0.15, 0.2) is 0 Å². The number of aliphatic hydroxyl groups excluding tert-OH is 1. The molecule has 0 aromatic carbocycles. The van der Waals surface area contributed by atoms with Crippen LogP contribution in [-0.2, 0) is 4.79 Å². The van der Waals surface area contributed by atoms with E-state index in [4.69, 9.17) is 5.11 Å². The van der Waals surface area contributed by atoms with E-state index in [2.05, 4.69) is 19.2 Å². The summed E-state index contributed by atoms with van der Waals surface area (Å²) < 4.78 is 0. The van der Waals surface area contributed by atoms with Crippen molar-refractivity contribution in [2.75, 3.05) is 26.2 Å². The van der Waals surface area contributed by atoms with Gasteiger partial charge in [0, 0.05) is 19.1 Å². The molecule has 0 aromatic rings. The van der Waals surface area contributed by atoms with Crippen molar-refractivity contribution in [1.29, 1.82) is 0 Å². The molecule has 0 bridgehead atoms. The lowest BCUT2D eigenvalue weighted by Gasteiger charge is -2.22. The largest absolute Gasteiger partial charge is 0.395 e. The van der Waals surface area contributed by atoms with E-state index in [1.807, 2.05) is 6.92 Å². The fraction of sp³-hybridized carbons (Fsp3) is 0.909. The summed E-state index contributed by atoms with van der Waals surface area (Å²) in [4.78, 5) is 13.4. The Labute approximate surface area is 92.7 Å². The highest BCUT2D eigenvalue weighted by Crippen LogP contribution is 1.93. The van der Waals surface area contributed by atoms with Gasteiger partial charge in [-0.05, 0) is 19.8 Å². The fourth-order valence-electron chi connectivity index (χ4n) is 1.27. The first-order chi connectivity index (χ1) is 7.15. The second-order valence-electron chi connectivity index (χ2n) is 3.79. The molecule has 0 aliphatic rings. The van der Waals surface area contributed by atoms with E-state index in [1.165, 1.54) is 0 Å². The van der Waals surface area contributed by atoms with Crippen LogP contribution in [-0.4, -0.2) is 48.2 Å². The highest BCUT2D eigenvalue weighted by Gasteiger charge is 2.12. The highest BCUT2D eigenvalue weighted by atomic mass is 16.3. The molecular weight excluding hydrogens is 192 g/mol. The second-order valence-corrected chi connectivity index (χ2v) is 3.79. The van der Waals surface area contributed by atoms with Gasteiger partial charge in [-0.1, -0.05) is 13.8 Å². The normalized spacial score (nSPS) is 12.5. The van der Waals surface area contributed by atoms with E-state index in [1.54, 1.807) is 4.90 Å². The first kappa shape index (κ1) is 14.4. The van der Waals surface area contributed by atoms with Crippen LogP contribution < -0.4 is 5.32 Å². The molecule has 0 aliphatic carbocycles. The number of nitrogens with one attached hydrogen (secondary N) is 1. The van der Waals surface area contributed by atoms with E-state index in [0.717, 1.165) is 19.4 Å². The molecule has 0 rings (SSSR count). The standard InChI is InChI=1S/C11H24N2O2/c1-4-6-13(7-8-14)11(15)9-12-10(3)5-2/h10,12,14H,4-9H2,1-3H3. The minimum absolute atomic E-state index is 0.0368. The van der Waals surface area contributed by atoms with Crippen LogP contribution in [0.25, 0.3) is 0 Å². The van der Waals surface area contributed by atoms with Crippen molar-refractivity contribution in [3.05, 3.63) is 0 Å². The van der Waals surface area contributed by atoms with Gasteiger partial charge in [-0.3, -0.25) is 4.79 Å². The van der Waals surface area contributed by atoms with Crippen LogP contribution in [0.3, 0.4) is 0 Å². The number of nitrogens with zero attached hydrogens (tertiary/aromatic N) is 1. The summed E-state index contributed by atoms with van der Waals surface area (Å²) in [5, 5.41) is 12.0. The Kier molecular flexibility index (Phi) is 8.33. The molecule has 0 heterocycles. The third-order valence-corrected chi connectivity index (χ3v) is 2.43. The lowest BCUT2D eigenvalue weighted by Crippen LogP contribution is -2.42. The Morgan fingerprint density at radius 1 is 1.40 bits per heavy atom. The summed E-state index contributed by atoms with van der Waals surface area (Å²) in [6, 6.07) is 0.367. The molecular formula is C11H24N2O2. The Balaban J connectivity index is 3.90. The van der Waals surface area contributed by atoms with E-state index in [0.29, 0.717) is 19.1 Å². The van der Waals surface area contributed by atoms with E-state index >= 15 is 0 Å². The quantitative estimate of drug-likeness (QED) is 0.625. The minimum atomic E-state index is 0.0368. The number of aliphatic hydroxyl groups is 1. The topological polar surface area (TPSA) is 52.6 Å². The number of amides is 1. The summed E-state index contributed by atoms with van der Waals surface area (Å²) >= 11 is 0. The predicted molar refractivity (Wildman–Crippen MR) is 61.7 cm³/mol. The average Bonchev–Trinajstić information content (AvgIpc) is 2.25. The monoisotopic (exact) mass is 216 g/mol. The molecule has 15 heavy (non-hydrogen) atoms. The molecule has 0 spiro atoms. The van der Waals surface area contributed by atoms with Crippen molar-refractivity contribution < 1.29 is 9.90 Å². The minimum Gasteiger partial charge on any atom is -0.395 e. The Bertz CT molecular complexity index is 168. The maximum Gasteiger partial charge on any atom is 0.236 e. The van der Waals surface area contributed by atoms with Crippen molar-refractivity contribution in [2.24, 2.45) is 0 Å². The molecule has 0 saturated carbocycles. The molecule has 0 radical (unpaired) electrons. The zero-order valence-electron chi connectivity index (χ0n) is 10.1. The zero-order valence-corrected chi connectivity index (χ0v) is 10.1. The SMILES string of the molecule is CCCN(CCO)C(=O)CNC(C)CC. The molecule has 1 atom stereocenters. The van der Waals surface area contributed by atoms with Gasteiger partial charge in [-0.15, -0.1) is 0 Å². The van der Waals surface area contributed by atoms with Crippen LogP contribution in [0.15, 0.2) is 0 Å². The van der Waals surface area contributed by atoms with Gasteiger partial charge in [-0.25, -0.2) is 0 Å². The number of hydrogen-bond donors (Lipinski definition) is 2. The van der Waals surface area contributed by atoms with Crippen molar-refractivity contribution in [1.82, 2.24) is 10.2 Å². The fourth-order valence-corrected chi connectivity index (χ4v) is 1.27. The van der Waals surface area contributed by atoms with E-state index in [-0.39, 0.29) is 12.5 Å². The van der Waals surface area contributed by atoms with Crippen LogP contribution in [0, 0.1) is 0 Å². The van der Waals surface area contributed by atoms with Crippen LogP contribution in [0.1, 0.15) is 33.6 Å². The molecule has 0 saturated heterocycles. The van der Waals surface area contributed by atoms with Gasteiger partial charge in [-0.2, -0.15) is 0 Å². The van der Waals surface area contributed by atoms with E-state index < -0.39 is 0 Å². The predicted octanol–water partition coefficient (Wildman–Crippen LogP) is 0.605. The third-order valence-electron chi connectivity index (χ3n) is 2.43. The Hall–Kier alpha value is -0.610. The number of carbonyl (C=O) groups excluding carboxylic acids is 1. The van der Waals surface area contributed by atoms with Crippen molar-refractivity contribution in [3.63, 3.8) is 0 Å². The van der Waals surface area contributed by atoms with Gasteiger partial charge < -0.3 is 15.3 Å². The Morgan fingerprint density at radius 2 is 2.07 bits per heavy atom. The van der Waals surface area contributed by atoms with Gasteiger partial charge in [0.25, 0.3) is 0 Å². The molecule has 0 aromatic heterocycles. The highest BCUT2D eigenvalue weighted by molar-refractivity contribution is 5.78. The summed E-state index contributed by atoms with van der Waals surface area (Å²) in [5.74, 6) is 0.0752. The molecule has 90 valence electrons. The van der Waals surface area contributed by atoms with Gasteiger partial charge >= 0.3 is 0 Å². The summed E-state index contributed by atoms with van der Waals surface area (Å²) in [7, 11) is 0. The molecule has 1 unspecified atom stereocenters. The molecule has 4 nitrogen and oxygen atoms in total. The lowest BCUT2D eigenvalue weighted by molar-refractivity contribution is -0.130. The maximum atomic E-state index is 11.7. The van der Waals surface area contributed by atoms with Crippen LogP contribution in [0.5, 0.6) is 0 Å². The Morgan fingerprint density at radius 3 is 2.53 bits per heavy atom. The van der Waals surface area contributed by atoms with E-state index in [9.17, 15) is 4.79 Å². The van der Waals surface area contributed by atoms with Crippen LogP contribution in [0.4, 0.5) is 0 Å². The number of carbonyl (C=O) groups is 1. The number of hydrogen-bond acceptors (Lipinski definition) is 3. The smallest absolute Gasteiger partial charge is 0.236 e. The van der Waals surface area contributed by atoms with Gasteiger partial charge in [0.05, 0.1) is 13.2 Å². The first-order valence-electron chi connectivity index (χ1n) is 5.77. The van der Waals surface area contributed by atoms with Crippen molar-refractivity contribution in [2.45, 2.75) is 39.7 Å². The van der Waals surface area contributed by atoms with Crippen LogP contribution in [0.2, 0.25) is 0 Å². The molecule has 1 amide bonds. The zero-order chi connectivity index (χ0) is 11.7. The second kappa shape index (κ2) is 8.68. The molecule has 0 aliphatic heterocycles. The molecule has 0 fully saturated rings. The van der Waals surface area contributed by atoms with Gasteiger partial charge in [0.2, 0.25) is 5.91 Å². The first-order valence-corrected chi connectivity index (χ1v) is 5.77. The summed E-state index contributed by atoms with van der Waals surface area (Å²) in [5.41, 5.74) is 0. The summed E-state index contributed by atoms with van der Waals surface area (Å²) in [6.07, 6.45) is 1.94. The van der Waals surface area contributed by atoms with Crippen LogP contribution >= 0.6 is 0 Å². The summed E-state index contributed by atoms with van der Waals surface area (Å²) in [6.45, 7) is 7.74.